The molecule has 0 aromatic rings. The van der Waals surface area contributed by atoms with Crippen molar-refractivity contribution in [2.24, 2.45) is 11.8 Å². The van der Waals surface area contributed by atoms with Crippen molar-refractivity contribution in [3.05, 3.63) is 12.2 Å². The van der Waals surface area contributed by atoms with Gasteiger partial charge in [-0.1, -0.05) is 12.2 Å². The van der Waals surface area contributed by atoms with E-state index in [1.54, 1.807) is 6.92 Å². The third kappa shape index (κ3) is 1.73. The lowest BCUT2D eigenvalue weighted by Gasteiger charge is -2.19. The minimum absolute atomic E-state index is 0.0868. The summed E-state index contributed by atoms with van der Waals surface area (Å²) in [5.74, 6) is 0.797. The van der Waals surface area contributed by atoms with E-state index in [0.717, 1.165) is 12.8 Å². The topological polar surface area (TPSA) is 26.3 Å². The van der Waals surface area contributed by atoms with Crippen LogP contribution in [0.3, 0.4) is 0 Å². The van der Waals surface area contributed by atoms with Crippen molar-refractivity contribution in [1.29, 1.82) is 0 Å². The smallest absolute Gasteiger partial charge is 0.324 e. The summed E-state index contributed by atoms with van der Waals surface area (Å²) in [7, 11) is 0. The molecule has 0 N–H and O–H groups in total. The predicted octanol–water partition coefficient (Wildman–Crippen LogP) is 2.12. The van der Waals surface area contributed by atoms with Crippen molar-refractivity contribution in [1.82, 2.24) is 0 Å². The molecule has 1 saturated carbocycles. The average molecular weight is 201 g/mol. The number of fused-ring (bicyclic) bond motifs is 2. The van der Waals surface area contributed by atoms with Gasteiger partial charge in [-0.3, -0.25) is 4.79 Å². The van der Waals surface area contributed by atoms with Crippen LogP contribution in [-0.4, -0.2) is 17.5 Å². The fraction of sp³-hybridized carbons (Fsp3) is 0.700. The Morgan fingerprint density at radius 2 is 2.31 bits per heavy atom. The molecule has 2 aliphatic rings. The summed E-state index contributed by atoms with van der Waals surface area (Å²) < 4.78 is 5.28. The lowest BCUT2D eigenvalue weighted by Crippen LogP contribution is -2.26. The molecule has 0 spiro atoms. The first kappa shape index (κ1) is 9.07. The van der Waals surface area contributed by atoms with E-state index in [4.69, 9.17) is 16.3 Å². The lowest BCUT2D eigenvalue weighted by atomic mass is 10.0. The molecule has 2 bridgehead atoms. The lowest BCUT2D eigenvalue weighted by molar-refractivity contribution is -0.149. The van der Waals surface area contributed by atoms with Gasteiger partial charge in [0.25, 0.3) is 0 Å². The van der Waals surface area contributed by atoms with Gasteiger partial charge in [0, 0.05) is 5.92 Å². The van der Waals surface area contributed by atoms with Gasteiger partial charge in [0.05, 0.1) is 0 Å². The maximum atomic E-state index is 11.2. The minimum Gasteiger partial charge on any atom is -0.461 e. The van der Waals surface area contributed by atoms with Crippen LogP contribution in [0, 0.1) is 11.8 Å². The van der Waals surface area contributed by atoms with Gasteiger partial charge < -0.3 is 4.74 Å². The SMILES string of the molecule is CC(Cl)C(=O)OC1CC2C=CC1C2. The summed E-state index contributed by atoms with van der Waals surface area (Å²) in [6, 6.07) is 0. The highest BCUT2D eigenvalue weighted by molar-refractivity contribution is 6.29. The van der Waals surface area contributed by atoms with Gasteiger partial charge in [-0.05, 0) is 25.7 Å². The fourth-order valence-electron chi connectivity index (χ4n) is 2.11. The number of allylic oxidation sites excluding steroid dienone is 1. The Labute approximate surface area is 82.9 Å². The maximum Gasteiger partial charge on any atom is 0.324 e. The molecule has 0 heterocycles. The summed E-state index contributed by atoms with van der Waals surface area (Å²) in [6.45, 7) is 1.65. The van der Waals surface area contributed by atoms with Crippen LogP contribution < -0.4 is 0 Å². The second kappa shape index (κ2) is 3.33. The number of carbonyl (C=O) groups excluding carboxylic acids is 1. The molecule has 1 fully saturated rings. The van der Waals surface area contributed by atoms with Crippen LogP contribution in [0.15, 0.2) is 12.2 Å². The molecule has 0 radical (unpaired) electrons. The van der Waals surface area contributed by atoms with Crippen LogP contribution in [0.2, 0.25) is 0 Å². The monoisotopic (exact) mass is 200 g/mol. The van der Waals surface area contributed by atoms with E-state index >= 15 is 0 Å². The van der Waals surface area contributed by atoms with Crippen LogP contribution >= 0.6 is 11.6 Å². The second-order valence-corrected chi connectivity index (χ2v) is 4.53. The van der Waals surface area contributed by atoms with E-state index in [-0.39, 0.29) is 12.1 Å². The number of esters is 1. The summed E-state index contributed by atoms with van der Waals surface area (Å²) in [4.78, 5) is 11.2. The quantitative estimate of drug-likeness (QED) is 0.388. The third-order valence-corrected chi connectivity index (χ3v) is 2.99. The molecule has 13 heavy (non-hydrogen) atoms. The summed E-state index contributed by atoms with van der Waals surface area (Å²) in [5, 5.41) is -0.525. The van der Waals surface area contributed by atoms with E-state index < -0.39 is 5.38 Å². The molecule has 2 rings (SSSR count). The van der Waals surface area contributed by atoms with Crippen molar-refractivity contribution in [3.63, 3.8) is 0 Å². The van der Waals surface area contributed by atoms with Crippen molar-refractivity contribution >= 4 is 17.6 Å². The van der Waals surface area contributed by atoms with Crippen molar-refractivity contribution in [2.45, 2.75) is 31.2 Å². The molecule has 4 unspecified atom stereocenters. The first-order valence-electron chi connectivity index (χ1n) is 4.69. The molecule has 0 amide bonds. The molecular formula is C10H13ClO2. The zero-order valence-corrected chi connectivity index (χ0v) is 8.33. The van der Waals surface area contributed by atoms with Crippen LogP contribution in [0.25, 0.3) is 0 Å². The number of ether oxygens (including phenoxy) is 1. The minimum atomic E-state index is -0.525. The molecule has 0 saturated heterocycles. The van der Waals surface area contributed by atoms with Crippen LogP contribution in [0.4, 0.5) is 0 Å². The summed E-state index contributed by atoms with van der Waals surface area (Å²) in [6.07, 6.45) is 6.60. The molecule has 72 valence electrons. The Hall–Kier alpha value is -0.500. The molecule has 0 aromatic heterocycles. The van der Waals surface area contributed by atoms with Crippen LogP contribution in [0.1, 0.15) is 19.8 Å². The average Bonchev–Trinajstić information content (AvgIpc) is 2.64. The van der Waals surface area contributed by atoms with E-state index in [9.17, 15) is 4.79 Å². The molecule has 0 aliphatic heterocycles. The van der Waals surface area contributed by atoms with Gasteiger partial charge in [-0.25, -0.2) is 0 Å². The number of hydrogen-bond acceptors (Lipinski definition) is 2. The zero-order chi connectivity index (χ0) is 9.42. The Morgan fingerprint density at radius 3 is 2.77 bits per heavy atom. The Morgan fingerprint density at radius 1 is 1.54 bits per heavy atom. The number of rotatable bonds is 2. The molecule has 4 atom stereocenters. The van der Waals surface area contributed by atoms with Gasteiger partial charge in [0.15, 0.2) is 0 Å². The van der Waals surface area contributed by atoms with Gasteiger partial charge in [-0.2, -0.15) is 0 Å². The zero-order valence-electron chi connectivity index (χ0n) is 7.57. The Balaban J connectivity index is 1.90. The van der Waals surface area contributed by atoms with Crippen LogP contribution in [0.5, 0.6) is 0 Å². The first-order chi connectivity index (χ1) is 6.16. The molecular weight excluding hydrogens is 188 g/mol. The van der Waals surface area contributed by atoms with Gasteiger partial charge in [-0.15, -0.1) is 11.6 Å². The predicted molar refractivity (Wildman–Crippen MR) is 50.5 cm³/mol. The Kier molecular flexibility index (Phi) is 2.33. The van der Waals surface area contributed by atoms with Gasteiger partial charge in [0.2, 0.25) is 0 Å². The molecule has 0 aromatic carbocycles. The Bertz CT molecular complexity index is 247. The number of halogens is 1. The third-order valence-electron chi connectivity index (χ3n) is 2.81. The highest BCUT2D eigenvalue weighted by Crippen LogP contribution is 2.40. The van der Waals surface area contributed by atoms with E-state index in [1.165, 1.54) is 0 Å². The largest absolute Gasteiger partial charge is 0.461 e. The van der Waals surface area contributed by atoms with Crippen molar-refractivity contribution in [2.75, 3.05) is 0 Å². The van der Waals surface area contributed by atoms with E-state index in [1.807, 2.05) is 0 Å². The fourth-order valence-corrected chi connectivity index (χ4v) is 2.16. The maximum absolute atomic E-state index is 11.2. The molecule has 2 aliphatic carbocycles. The van der Waals surface area contributed by atoms with Crippen molar-refractivity contribution < 1.29 is 9.53 Å². The standard InChI is InChI=1S/C10H13ClO2/c1-6(11)10(12)13-9-5-7-2-3-8(9)4-7/h2-3,6-9H,4-5H2,1H3. The summed E-state index contributed by atoms with van der Waals surface area (Å²) in [5.41, 5.74) is 0. The van der Waals surface area contributed by atoms with Crippen molar-refractivity contribution in [3.8, 4) is 0 Å². The molecule has 3 heteroatoms. The first-order valence-corrected chi connectivity index (χ1v) is 5.13. The highest BCUT2D eigenvalue weighted by Gasteiger charge is 2.38. The highest BCUT2D eigenvalue weighted by atomic mass is 35.5. The van der Waals surface area contributed by atoms with Gasteiger partial charge >= 0.3 is 5.97 Å². The van der Waals surface area contributed by atoms with E-state index in [0.29, 0.717) is 11.8 Å². The number of hydrogen-bond donors (Lipinski definition) is 0. The number of carbonyl (C=O) groups is 1. The van der Waals surface area contributed by atoms with Gasteiger partial charge in [0.1, 0.15) is 11.5 Å². The normalized spacial score (nSPS) is 37.8. The number of alkyl halides is 1. The second-order valence-electron chi connectivity index (χ2n) is 3.87. The van der Waals surface area contributed by atoms with E-state index in [2.05, 4.69) is 12.2 Å². The van der Waals surface area contributed by atoms with Crippen LogP contribution in [-0.2, 0) is 9.53 Å². The molecule has 2 nitrogen and oxygen atoms in total. The summed E-state index contributed by atoms with van der Waals surface area (Å²) >= 11 is 5.62.